The van der Waals surface area contributed by atoms with Gasteiger partial charge in [0.05, 0.1) is 6.61 Å². The van der Waals surface area contributed by atoms with Crippen molar-refractivity contribution in [1.82, 2.24) is 5.32 Å². The van der Waals surface area contributed by atoms with Crippen LogP contribution in [0, 0.1) is 0 Å². The van der Waals surface area contributed by atoms with Crippen molar-refractivity contribution >= 4 is 0 Å². The lowest BCUT2D eigenvalue weighted by atomic mass is 10.0. The Morgan fingerprint density at radius 3 is 2.59 bits per heavy atom. The molecule has 1 aromatic carbocycles. The topological polar surface area (TPSA) is 21.3 Å². The quantitative estimate of drug-likeness (QED) is 0.863. The molecule has 1 aromatic rings. The van der Waals surface area contributed by atoms with E-state index in [1.807, 2.05) is 0 Å². The van der Waals surface area contributed by atoms with Crippen LogP contribution < -0.4 is 5.32 Å². The molecular formula is C12H16F3NO. The van der Waals surface area contributed by atoms with E-state index in [0.717, 1.165) is 5.56 Å². The van der Waals surface area contributed by atoms with Gasteiger partial charge in [0.2, 0.25) is 0 Å². The Hall–Kier alpha value is -1.07. The Balaban J connectivity index is 2.97. The minimum atomic E-state index is -4.29. The maximum Gasteiger partial charge on any atom is 0.407 e. The second kappa shape index (κ2) is 6.02. The van der Waals surface area contributed by atoms with Crippen LogP contribution >= 0.6 is 0 Å². The van der Waals surface area contributed by atoms with Crippen LogP contribution in [0.1, 0.15) is 24.1 Å². The van der Waals surface area contributed by atoms with Crippen LogP contribution in [0.5, 0.6) is 0 Å². The molecule has 0 aromatic heterocycles. The molecule has 0 radical (unpaired) electrons. The lowest BCUT2D eigenvalue weighted by Crippen LogP contribution is -2.34. The average Bonchev–Trinajstić information content (AvgIpc) is 2.25. The van der Waals surface area contributed by atoms with Gasteiger partial charge in [-0.1, -0.05) is 31.2 Å². The Morgan fingerprint density at radius 2 is 2.06 bits per heavy atom. The van der Waals surface area contributed by atoms with Gasteiger partial charge in [0.15, 0.2) is 0 Å². The van der Waals surface area contributed by atoms with Crippen LogP contribution in [-0.4, -0.2) is 19.8 Å². The van der Waals surface area contributed by atoms with Crippen LogP contribution in [0.25, 0.3) is 0 Å². The molecule has 0 bridgehead atoms. The molecule has 2 nitrogen and oxygen atoms in total. The zero-order chi connectivity index (χ0) is 12.9. The van der Waals surface area contributed by atoms with Gasteiger partial charge in [0, 0.05) is 7.11 Å². The number of halogens is 3. The second-order valence-corrected chi connectivity index (χ2v) is 3.71. The van der Waals surface area contributed by atoms with Crippen LogP contribution in [0.3, 0.4) is 0 Å². The van der Waals surface area contributed by atoms with Crippen molar-refractivity contribution in [2.24, 2.45) is 0 Å². The zero-order valence-electron chi connectivity index (χ0n) is 9.84. The summed E-state index contributed by atoms with van der Waals surface area (Å²) in [5.41, 5.74) is 0.950. The average molecular weight is 247 g/mol. The summed E-state index contributed by atoms with van der Waals surface area (Å²) in [6.45, 7) is 2.22. The molecule has 0 aliphatic rings. The highest BCUT2D eigenvalue weighted by Gasteiger charge is 2.40. The highest BCUT2D eigenvalue weighted by atomic mass is 19.4. The maximum atomic E-state index is 12.8. The van der Waals surface area contributed by atoms with Gasteiger partial charge < -0.3 is 10.1 Å². The van der Waals surface area contributed by atoms with Gasteiger partial charge in [-0.05, 0) is 17.7 Å². The summed E-state index contributed by atoms with van der Waals surface area (Å²) in [6, 6.07) is 4.72. The number of alkyl halides is 3. The van der Waals surface area contributed by atoms with Gasteiger partial charge in [0.1, 0.15) is 6.04 Å². The summed E-state index contributed by atoms with van der Waals surface area (Å²) in [6.07, 6.45) is -4.29. The van der Waals surface area contributed by atoms with Crippen molar-refractivity contribution in [2.75, 3.05) is 13.7 Å². The van der Waals surface area contributed by atoms with Crippen molar-refractivity contribution in [1.29, 1.82) is 0 Å². The molecule has 0 spiro atoms. The first-order valence-corrected chi connectivity index (χ1v) is 5.37. The molecule has 0 amide bonds. The van der Waals surface area contributed by atoms with E-state index in [0.29, 0.717) is 6.61 Å². The number of hydrogen-bond donors (Lipinski definition) is 1. The van der Waals surface area contributed by atoms with Crippen LogP contribution in [0.2, 0.25) is 0 Å². The number of ether oxygens (including phenoxy) is 1. The Bertz CT molecular complexity index is 352. The molecule has 17 heavy (non-hydrogen) atoms. The van der Waals surface area contributed by atoms with Gasteiger partial charge in [-0.3, -0.25) is 0 Å². The molecule has 0 fully saturated rings. The number of rotatable bonds is 5. The van der Waals surface area contributed by atoms with E-state index in [1.165, 1.54) is 19.2 Å². The largest absolute Gasteiger partial charge is 0.407 e. The van der Waals surface area contributed by atoms with E-state index < -0.39 is 12.2 Å². The SMILES string of the molecule is CCNC(c1cccc(COC)c1)C(F)(F)F. The second-order valence-electron chi connectivity index (χ2n) is 3.71. The molecule has 0 aliphatic carbocycles. The first-order valence-electron chi connectivity index (χ1n) is 5.37. The molecule has 1 rings (SSSR count). The van der Waals surface area contributed by atoms with Crippen molar-refractivity contribution in [3.8, 4) is 0 Å². The molecule has 0 aliphatic heterocycles. The highest BCUT2D eigenvalue weighted by Crippen LogP contribution is 2.32. The van der Waals surface area contributed by atoms with Gasteiger partial charge in [-0.15, -0.1) is 0 Å². The molecule has 5 heteroatoms. The number of hydrogen-bond acceptors (Lipinski definition) is 2. The van der Waals surface area contributed by atoms with Crippen LogP contribution in [0.15, 0.2) is 24.3 Å². The third kappa shape index (κ3) is 4.02. The van der Waals surface area contributed by atoms with Crippen LogP contribution in [-0.2, 0) is 11.3 Å². The summed E-state index contributed by atoms with van der Waals surface area (Å²) in [5, 5.41) is 2.44. The zero-order valence-corrected chi connectivity index (χ0v) is 9.84. The van der Waals surface area contributed by atoms with Gasteiger partial charge in [0.25, 0.3) is 0 Å². The van der Waals surface area contributed by atoms with E-state index in [9.17, 15) is 13.2 Å². The summed E-state index contributed by atoms with van der Waals surface area (Å²) in [7, 11) is 1.51. The maximum absolute atomic E-state index is 12.8. The van der Waals surface area contributed by atoms with Crippen molar-refractivity contribution < 1.29 is 17.9 Å². The van der Waals surface area contributed by atoms with E-state index in [1.54, 1.807) is 19.1 Å². The number of benzene rings is 1. The first kappa shape index (κ1) is 14.0. The molecular weight excluding hydrogens is 231 g/mol. The number of methoxy groups -OCH3 is 1. The fourth-order valence-corrected chi connectivity index (χ4v) is 1.66. The third-order valence-electron chi connectivity index (χ3n) is 2.33. The van der Waals surface area contributed by atoms with E-state index in [-0.39, 0.29) is 12.1 Å². The van der Waals surface area contributed by atoms with Crippen molar-refractivity contribution in [2.45, 2.75) is 25.7 Å². The lowest BCUT2D eigenvalue weighted by molar-refractivity contribution is -0.157. The summed E-state index contributed by atoms with van der Waals surface area (Å²) >= 11 is 0. The molecule has 0 heterocycles. The lowest BCUT2D eigenvalue weighted by Gasteiger charge is -2.21. The van der Waals surface area contributed by atoms with Crippen molar-refractivity contribution in [3.05, 3.63) is 35.4 Å². The first-order chi connectivity index (χ1) is 7.99. The predicted octanol–water partition coefficient (Wildman–Crippen LogP) is 3.05. The molecule has 1 N–H and O–H groups in total. The Kier molecular flexibility index (Phi) is 4.96. The molecule has 0 saturated heterocycles. The van der Waals surface area contributed by atoms with E-state index >= 15 is 0 Å². The predicted molar refractivity (Wildman–Crippen MR) is 59.6 cm³/mol. The van der Waals surface area contributed by atoms with Gasteiger partial charge in [-0.25, -0.2) is 0 Å². The summed E-state index contributed by atoms with van der Waals surface area (Å²) in [4.78, 5) is 0. The molecule has 0 saturated carbocycles. The van der Waals surface area contributed by atoms with Gasteiger partial charge in [-0.2, -0.15) is 13.2 Å². The molecule has 1 atom stereocenters. The van der Waals surface area contributed by atoms with Crippen molar-refractivity contribution in [3.63, 3.8) is 0 Å². The van der Waals surface area contributed by atoms with E-state index in [2.05, 4.69) is 5.32 Å². The van der Waals surface area contributed by atoms with E-state index in [4.69, 9.17) is 4.74 Å². The standard InChI is InChI=1S/C12H16F3NO/c1-3-16-11(12(13,14)15)10-6-4-5-9(7-10)8-17-2/h4-7,11,16H,3,8H2,1-2H3. The molecule has 1 unspecified atom stereocenters. The normalized spacial score (nSPS) is 13.7. The summed E-state index contributed by atoms with van der Waals surface area (Å²) < 4.78 is 43.4. The number of nitrogens with one attached hydrogen (secondary N) is 1. The fourth-order valence-electron chi connectivity index (χ4n) is 1.66. The smallest absolute Gasteiger partial charge is 0.380 e. The fraction of sp³-hybridized carbons (Fsp3) is 0.500. The third-order valence-corrected chi connectivity index (χ3v) is 2.33. The monoisotopic (exact) mass is 247 g/mol. The Labute approximate surface area is 98.8 Å². The Morgan fingerprint density at radius 1 is 1.35 bits per heavy atom. The van der Waals surface area contributed by atoms with Gasteiger partial charge >= 0.3 is 6.18 Å². The minimum absolute atomic E-state index is 0.217. The molecule has 96 valence electrons. The van der Waals surface area contributed by atoms with Crippen LogP contribution in [0.4, 0.5) is 13.2 Å². The summed E-state index contributed by atoms with van der Waals surface area (Å²) in [5.74, 6) is 0. The minimum Gasteiger partial charge on any atom is -0.380 e. The highest BCUT2D eigenvalue weighted by molar-refractivity contribution is 5.26.